The Morgan fingerprint density at radius 2 is 1.96 bits per heavy atom. The molecule has 152 valence electrons. The monoisotopic (exact) mass is 415 g/mol. The van der Waals surface area contributed by atoms with Gasteiger partial charge in [-0.15, -0.1) is 0 Å². The predicted octanol–water partition coefficient (Wildman–Crippen LogP) is 3.16. The van der Waals surface area contributed by atoms with Gasteiger partial charge in [-0.1, -0.05) is 0 Å². The molecule has 2 heterocycles. The molecule has 1 N–H and O–H groups in total. The molecule has 28 heavy (non-hydrogen) atoms. The fraction of sp³-hybridized carbons (Fsp3) is 0.412. The molecule has 0 saturated heterocycles. The van der Waals surface area contributed by atoms with Crippen LogP contribution < -0.4 is 4.72 Å². The Bertz CT molecular complexity index is 1130. The van der Waals surface area contributed by atoms with Gasteiger partial charge in [0.2, 0.25) is 0 Å². The Morgan fingerprint density at radius 3 is 2.50 bits per heavy atom. The number of halogens is 3. The number of imidazole rings is 2. The molecule has 0 radical (unpaired) electrons. The number of nitrogens with one attached hydrogen (secondary N) is 1. The number of hydrogen-bond donors (Lipinski definition) is 1. The Balaban J connectivity index is 2.02. The highest BCUT2D eigenvalue weighted by molar-refractivity contribution is 7.89. The predicted molar refractivity (Wildman–Crippen MR) is 97.1 cm³/mol. The van der Waals surface area contributed by atoms with E-state index in [0.717, 1.165) is 12.1 Å². The summed E-state index contributed by atoms with van der Waals surface area (Å²) in [6, 6.07) is 2.52. The normalized spacial score (nSPS) is 14.0. The number of nitrogens with zero attached hydrogens (tertiary/aromatic N) is 4. The quantitative estimate of drug-likeness (QED) is 0.694. The van der Waals surface area contributed by atoms with E-state index in [-0.39, 0.29) is 5.03 Å². The van der Waals surface area contributed by atoms with Gasteiger partial charge < -0.3 is 9.13 Å². The minimum atomic E-state index is -4.47. The van der Waals surface area contributed by atoms with Crippen LogP contribution in [0.3, 0.4) is 0 Å². The van der Waals surface area contributed by atoms with Crippen molar-refractivity contribution >= 4 is 21.1 Å². The molecule has 0 aliphatic carbocycles. The van der Waals surface area contributed by atoms with Crippen LogP contribution in [0.2, 0.25) is 0 Å². The highest BCUT2D eigenvalue weighted by Crippen LogP contribution is 2.32. The molecule has 2 aromatic heterocycles. The lowest BCUT2D eigenvalue weighted by molar-refractivity contribution is -0.137. The molecular formula is C17H20F3N5O2S. The third kappa shape index (κ3) is 3.51. The first kappa shape index (κ1) is 20.3. The molecule has 3 rings (SSSR count). The van der Waals surface area contributed by atoms with Crippen LogP contribution in [-0.4, -0.2) is 27.5 Å². The van der Waals surface area contributed by atoms with Crippen LogP contribution in [0.25, 0.3) is 11.0 Å². The second-order valence-corrected chi connectivity index (χ2v) is 8.12. The first-order chi connectivity index (χ1) is 13.0. The molecule has 3 aromatic rings. The second kappa shape index (κ2) is 6.89. The number of sulfonamides is 1. The van der Waals surface area contributed by atoms with Gasteiger partial charge in [0.1, 0.15) is 11.6 Å². The summed E-state index contributed by atoms with van der Waals surface area (Å²) in [7, 11) is -2.31. The largest absolute Gasteiger partial charge is 0.416 e. The number of aromatic nitrogens is 4. The summed E-state index contributed by atoms with van der Waals surface area (Å²) in [5.74, 6) is 0.868. The Morgan fingerprint density at radius 1 is 1.29 bits per heavy atom. The maximum absolute atomic E-state index is 13.0. The van der Waals surface area contributed by atoms with Crippen LogP contribution in [0.1, 0.15) is 37.1 Å². The lowest BCUT2D eigenvalue weighted by Crippen LogP contribution is -2.30. The van der Waals surface area contributed by atoms with Gasteiger partial charge in [-0.25, -0.2) is 18.4 Å². The summed E-state index contributed by atoms with van der Waals surface area (Å²) < 4.78 is 70.0. The molecule has 0 fully saturated rings. The van der Waals surface area contributed by atoms with E-state index in [1.165, 1.54) is 16.8 Å². The fourth-order valence-electron chi connectivity index (χ4n) is 3.06. The van der Waals surface area contributed by atoms with Gasteiger partial charge in [-0.05, 0) is 39.0 Å². The third-order valence-corrected chi connectivity index (χ3v) is 6.19. The smallest absolute Gasteiger partial charge is 0.327 e. The zero-order valence-corrected chi connectivity index (χ0v) is 16.6. The van der Waals surface area contributed by atoms with Gasteiger partial charge >= 0.3 is 6.18 Å². The molecule has 0 spiro atoms. The Hall–Kier alpha value is -2.40. The van der Waals surface area contributed by atoms with E-state index in [1.807, 2.05) is 0 Å². The van der Waals surface area contributed by atoms with Crippen LogP contribution in [0, 0.1) is 6.92 Å². The molecule has 11 heteroatoms. The molecule has 7 nitrogen and oxygen atoms in total. The van der Waals surface area contributed by atoms with E-state index in [4.69, 9.17) is 0 Å². The van der Waals surface area contributed by atoms with Crippen LogP contribution in [-0.2, 0) is 29.8 Å². The van der Waals surface area contributed by atoms with E-state index in [9.17, 15) is 21.6 Å². The average molecular weight is 415 g/mol. The SMILES string of the molecule is CCn1c([C@@H](C)NS(=O)(=O)c2cnc(C)n2C)nc2ccc(C(F)(F)F)cc21. The average Bonchev–Trinajstić information content (AvgIpc) is 3.13. The van der Waals surface area contributed by atoms with Crippen LogP contribution in [0.5, 0.6) is 0 Å². The lowest BCUT2D eigenvalue weighted by atomic mass is 10.2. The van der Waals surface area contributed by atoms with Crippen LogP contribution in [0.15, 0.2) is 29.4 Å². The van der Waals surface area contributed by atoms with Crippen LogP contribution in [0.4, 0.5) is 13.2 Å². The number of fused-ring (bicyclic) bond motifs is 1. The molecule has 0 aliphatic heterocycles. The van der Waals surface area contributed by atoms with E-state index in [1.54, 1.807) is 32.4 Å². The molecule has 0 saturated carbocycles. The van der Waals surface area contributed by atoms with Gasteiger partial charge in [0.15, 0.2) is 5.03 Å². The van der Waals surface area contributed by atoms with E-state index < -0.39 is 27.8 Å². The van der Waals surface area contributed by atoms with E-state index >= 15 is 0 Å². The standard InChI is InChI=1S/C17H20F3N5O2S/c1-5-25-14-8-12(17(18,19)20)6-7-13(14)22-16(25)10(2)23-28(26,27)15-9-21-11(3)24(15)4/h6-10,23H,5H2,1-4H3/t10-/m1/s1. The van der Waals surface area contributed by atoms with E-state index in [2.05, 4.69) is 14.7 Å². The Kier molecular flexibility index (Phi) is 5.00. The first-order valence-electron chi connectivity index (χ1n) is 8.53. The molecule has 0 aliphatic rings. The number of hydrogen-bond acceptors (Lipinski definition) is 4. The summed E-state index contributed by atoms with van der Waals surface area (Å²) in [4.78, 5) is 8.34. The van der Waals surface area contributed by atoms with E-state index in [0.29, 0.717) is 29.2 Å². The van der Waals surface area contributed by atoms with Crippen LogP contribution >= 0.6 is 0 Å². The third-order valence-electron chi connectivity index (χ3n) is 4.59. The van der Waals surface area contributed by atoms with Crippen molar-refractivity contribution in [3.8, 4) is 0 Å². The maximum Gasteiger partial charge on any atom is 0.416 e. The maximum atomic E-state index is 13.0. The summed E-state index contributed by atoms with van der Waals surface area (Å²) in [6.45, 7) is 5.37. The van der Waals surface area contributed by atoms with Crippen molar-refractivity contribution in [2.75, 3.05) is 0 Å². The molecule has 0 bridgehead atoms. The van der Waals surface area contributed by atoms with Crippen molar-refractivity contribution in [2.24, 2.45) is 7.05 Å². The highest BCUT2D eigenvalue weighted by atomic mass is 32.2. The number of benzene rings is 1. The van der Waals surface area contributed by atoms with Crippen molar-refractivity contribution in [3.05, 3.63) is 41.6 Å². The summed E-state index contributed by atoms with van der Waals surface area (Å²) in [6.07, 6.45) is -3.22. The van der Waals surface area contributed by atoms with Crippen molar-refractivity contribution in [3.63, 3.8) is 0 Å². The summed E-state index contributed by atoms with van der Waals surface area (Å²) in [5.41, 5.74) is -0.109. The second-order valence-electron chi connectivity index (χ2n) is 6.46. The summed E-state index contributed by atoms with van der Waals surface area (Å²) in [5, 5.41) is -0.00429. The molecule has 1 atom stereocenters. The first-order valence-corrected chi connectivity index (χ1v) is 10.0. The van der Waals surface area contributed by atoms with Gasteiger partial charge in [0, 0.05) is 13.6 Å². The molecular weight excluding hydrogens is 395 g/mol. The fourth-order valence-corrected chi connectivity index (χ4v) is 4.43. The number of alkyl halides is 3. The lowest BCUT2D eigenvalue weighted by Gasteiger charge is -2.16. The zero-order chi connectivity index (χ0) is 20.9. The van der Waals surface area contributed by atoms with Crippen molar-refractivity contribution in [2.45, 2.75) is 44.6 Å². The zero-order valence-electron chi connectivity index (χ0n) is 15.7. The molecule has 0 amide bonds. The molecule has 1 aromatic carbocycles. The minimum Gasteiger partial charge on any atom is -0.327 e. The minimum absolute atomic E-state index is 0.00429. The summed E-state index contributed by atoms with van der Waals surface area (Å²) >= 11 is 0. The highest BCUT2D eigenvalue weighted by Gasteiger charge is 2.32. The van der Waals surface area contributed by atoms with Gasteiger partial charge in [0.05, 0.1) is 28.8 Å². The number of aryl methyl sites for hydroxylation is 2. The van der Waals surface area contributed by atoms with Crippen molar-refractivity contribution in [1.29, 1.82) is 0 Å². The topological polar surface area (TPSA) is 81.8 Å². The number of rotatable bonds is 5. The van der Waals surface area contributed by atoms with Crippen molar-refractivity contribution in [1.82, 2.24) is 23.8 Å². The van der Waals surface area contributed by atoms with Gasteiger partial charge in [-0.2, -0.15) is 17.9 Å². The van der Waals surface area contributed by atoms with Crippen molar-refractivity contribution < 1.29 is 21.6 Å². The van der Waals surface area contributed by atoms with Gasteiger partial charge in [-0.3, -0.25) is 0 Å². The van der Waals surface area contributed by atoms with Gasteiger partial charge in [0.25, 0.3) is 10.0 Å². The Labute approximate surface area is 160 Å². The molecule has 0 unspecified atom stereocenters.